The number of nitrogens with zero attached hydrogens (tertiary/aromatic N) is 1. The third-order valence-corrected chi connectivity index (χ3v) is 3.38. The summed E-state index contributed by atoms with van der Waals surface area (Å²) in [5.41, 5.74) is 0.509. The van der Waals surface area contributed by atoms with Crippen molar-refractivity contribution in [2.24, 2.45) is 0 Å². The molecular weight excluding hydrogens is 289 g/mol. The Bertz CT molecular complexity index is 426. The van der Waals surface area contributed by atoms with Crippen molar-refractivity contribution in [2.75, 3.05) is 40.0 Å². The van der Waals surface area contributed by atoms with E-state index in [2.05, 4.69) is 0 Å². The lowest BCUT2D eigenvalue weighted by Crippen LogP contribution is -2.35. The molecule has 1 N–H and O–H groups in total. The molecule has 0 aliphatic rings. The Balaban J connectivity index is 2.66. The number of ketones is 1. The summed E-state index contributed by atoms with van der Waals surface area (Å²) in [6.45, 7) is 1.73. The second kappa shape index (κ2) is 8.51. The molecule has 6 heteroatoms. The highest BCUT2D eigenvalue weighted by Gasteiger charge is 2.13. The molecule has 0 aromatic heterocycles. The quantitative estimate of drug-likeness (QED) is 0.748. The third kappa shape index (κ3) is 5.47. The van der Waals surface area contributed by atoms with Gasteiger partial charge in [0.1, 0.15) is 0 Å². The summed E-state index contributed by atoms with van der Waals surface area (Å²) in [5, 5.41) is 9.75. The fraction of sp³-hybridized carbons (Fsp3) is 0.462. The molecule has 1 rings (SSSR count). The predicted molar refractivity (Wildman–Crippen MR) is 76.2 cm³/mol. The number of methoxy groups -OCH3 is 1. The molecule has 0 unspecified atom stereocenters. The standard InChI is InChI=1S/C13H17Cl2NO3/c1-19-7-5-16(4-6-17)9-13(18)10-2-3-11(14)12(15)8-10/h2-3,8,17H,4-7,9H2,1H3. The average molecular weight is 306 g/mol. The summed E-state index contributed by atoms with van der Waals surface area (Å²) < 4.78 is 4.97. The van der Waals surface area contributed by atoms with E-state index in [4.69, 9.17) is 33.0 Å². The molecule has 0 saturated heterocycles. The largest absolute Gasteiger partial charge is 0.395 e. The molecule has 0 amide bonds. The molecule has 0 aliphatic carbocycles. The molecule has 0 aliphatic heterocycles. The zero-order chi connectivity index (χ0) is 14.3. The maximum absolute atomic E-state index is 12.1. The Labute approximate surface area is 122 Å². The molecule has 0 saturated carbocycles. The highest BCUT2D eigenvalue weighted by Crippen LogP contribution is 2.22. The van der Waals surface area contributed by atoms with E-state index >= 15 is 0 Å². The lowest BCUT2D eigenvalue weighted by Gasteiger charge is -2.19. The van der Waals surface area contributed by atoms with Crippen LogP contribution in [0.25, 0.3) is 0 Å². The van der Waals surface area contributed by atoms with Gasteiger partial charge in [-0.05, 0) is 18.2 Å². The van der Waals surface area contributed by atoms with E-state index in [1.165, 1.54) is 0 Å². The highest BCUT2D eigenvalue weighted by atomic mass is 35.5. The number of aliphatic hydroxyl groups is 1. The van der Waals surface area contributed by atoms with Crippen LogP contribution in [0.4, 0.5) is 0 Å². The summed E-state index contributed by atoms with van der Waals surface area (Å²) in [4.78, 5) is 13.9. The predicted octanol–water partition coefficient (Wildman–Crippen LogP) is 2.12. The topological polar surface area (TPSA) is 49.8 Å². The number of aliphatic hydroxyl groups excluding tert-OH is 1. The van der Waals surface area contributed by atoms with Crippen LogP contribution in [0.3, 0.4) is 0 Å². The van der Waals surface area contributed by atoms with Crippen molar-refractivity contribution in [3.63, 3.8) is 0 Å². The Morgan fingerprint density at radius 3 is 2.63 bits per heavy atom. The van der Waals surface area contributed by atoms with Crippen molar-refractivity contribution in [1.82, 2.24) is 4.90 Å². The minimum absolute atomic E-state index is 0.00162. The van der Waals surface area contributed by atoms with Crippen molar-refractivity contribution in [3.05, 3.63) is 33.8 Å². The second-order valence-electron chi connectivity index (χ2n) is 4.04. The first-order valence-corrected chi connectivity index (χ1v) is 6.64. The number of carbonyl (C=O) groups excluding carboxylic acids is 1. The normalized spacial score (nSPS) is 11.0. The Kier molecular flexibility index (Phi) is 7.34. The second-order valence-corrected chi connectivity index (χ2v) is 4.86. The van der Waals surface area contributed by atoms with E-state index in [-0.39, 0.29) is 18.9 Å². The minimum Gasteiger partial charge on any atom is -0.395 e. The van der Waals surface area contributed by atoms with E-state index < -0.39 is 0 Å². The average Bonchev–Trinajstić information content (AvgIpc) is 2.39. The first-order chi connectivity index (χ1) is 9.08. The van der Waals surface area contributed by atoms with Gasteiger partial charge in [0.05, 0.1) is 29.8 Å². The summed E-state index contributed by atoms with van der Waals surface area (Å²) >= 11 is 11.7. The van der Waals surface area contributed by atoms with Gasteiger partial charge in [0.15, 0.2) is 5.78 Å². The van der Waals surface area contributed by atoms with Crippen LogP contribution >= 0.6 is 23.2 Å². The monoisotopic (exact) mass is 305 g/mol. The smallest absolute Gasteiger partial charge is 0.176 e. The van der Waals surface area contributed by atoms with Crippen LogP contribution < -0.4 is 0 Å². The van der Waals surface area contributed by atoms with Gasteiger partial charge >= 0.3 is 0 Å². The Morgan fingerprint density at radius 2 is 2.05 bits per heavy atom. The minimum atomic E-state index is -0.0666. The van der Waals surface area contributed by atoms with Gasteiger partial charge in [0.2, 0.25) is 0 Å². The number of benzene rings is 1. The van der Waals surface area contributed by atoms with E-state index in [0.717, 1.165) is 0 Å². The van der Waals surface area contributed by atoms with Crippen LogP contribution in [-0.2, 0) is 4.74 Å². The van der Waals surface area contributed by atoms with Gasteiger partial charge in [0.25, 0.3) is 0 Å². The zero-order valence-electron chi connectivity index (χ0n) is 10.7. The summed E-state index contributed by atoms with van der Waals surface area (Å²) in [6.07, 6.45) is 0. The van der Waals surface area contributed by atoms with Crippen LogP contribution in [0.5, 0.6) is 0 Å². The van der Waals surface area contributed by atoms with Crippen molar-refractivity contribution in [3.8, 4) is 0 Å². The molecule has 0 radical (unpaired) electrons. The van der Waals surface area contributed by atoms with Gasteiger partial charge < -0.3 is 9.84 Å². The number of carbonyl (C=O) groups is 1. The summed E-state index contributed by atoms with van der Waals surface area (Å²) in [6, 6.07) is 4.80. The van der Waals surface area contributed by atoms with E-state index in [9.17, 15) is 4.79 Å². The van der Waals surface area contributed by atoms with Gasteiger partial charge in [-0.1, -0.05) is 23.2 Å². The maximum Gasteiger partial charge on any atom is 0.176 e. The lowest BCUT2D eigenvalue weighted by molar-refractivity contribution is 0.0868. The van der Waals surface area contributed by atoms with Gasteiger partial charge in [0, 0.05) is 25.8 Å². The fourth-order valence-corrected chi connectivity index (χ4v) is 1.89. The first kappa shape index (κ1) is 16.4. The van der Waals surface area contributed by atoms with Crippen LogP contribution in [0, 0.1) is 0 Å². The third-order valence-electron chi connectivity index (χ3n) is 2.64. The van der Waals surface area contributed by atoms with Gasteiger partial charge in [-0.25, -0.2) is 0 Å². The number of Topliss-reactive ketones (excluding diaryl/α,β-unsaturated/α-hetero) is 1. The molecule has 106 valence electrons. The van der Waals surface area contributed by atoms with Gasteiger partial charge in [-0.3, -0.25) is 9.69 Å². The van der Waals surface area contributed by atoms with E-state index in [1.54, 1.807) is 25.3 Å². The number of hydrogen-bond donors (Lipinski definition) is 1. The molecule has 1 aromatic carbocycles. The van der Waals surface area contributed by atoms with Gasteiger partial charge in [-0.15, -0.1) is 0 Å². The van der Waals surface area contributed by atoms with Crippen molar-refractivity contribution < 1.29 is 14.6 Å². The van der Waals surface area contributed by atoms with E-state index in [1.807, 2.05) is 4.90 Å². The summed E-state index contributed by atoms with van der Waals surface area (Å²) in [7, 11) is 1.60. The number of ether oxygens (including phenoxy) is 1. The summed E-state index contributed by atoms with van der Waals surface area (Å²) in [5.74, 6) is -0.0666. The molecule has 0 heterocycles. The Hall–Kier alpha value is -0.650. The van der Waals surface area contributed by atoms with Crippen molar-refractivity contribution in [2.45, 2.75) is 0 Å². The highest BCUT2D eigenvalue weighted by molar-refractivity contribution is 6.42. The Morgan fingerprint density at radius 1 is 1.32 bits per heavy atom. The zero-order valence-corrected chi connectivity index (χ0v) is 12.2. The molecule has 0 fully saturated rings. The molecular formula is C13H17Cl2NO3. The molecule has 19 heavy (non-hydrogen) atoms. The van der Waals surface area contributed by atoms with Crippen LogP contribution in [0.2, 0.25) is 10.0 Å². The molecule has 1 aromatic rings. The SMILES string of the molecule is COCCN(CCO)CC(=O)c1ccc(Cl)c(Cl)c1. The first-order valence-electron chi connectivity index (χ1n) is 5.89. The van der Waals surface area contributed by atoms with Crippen molar-refractivity contribution >= 4 is 29.0 Å². The van der Waals surface area contributed by atoms with Crippen LogP contribution in [0.15, 0.2) is 18.2 Å². The van der Waals surface area contributed by atoms with E-state index in [0.29, 0.717) is 35.3 Å². The maximum atomic E-state index is 12.1. The molecule has 0 bridgehead atoms. The number of hydrogen-bond acceptors (Lipinski definition) is 4. The number of halogens is 2. The lowest BCUT2D eigenvalue weighted by atomic mass is 10.1. The number of rotatable bonds is 8. The molecule has 0 spiro atoms. The van der Waals surface area contributed by atoms with Crippen LogP contribution in [-0.4, -0.2) is 55.7 Å². The van der Waals surface area contributed by atoms with Gasteiger partial charge in [-0.2, -0.15) is 0 Å². The van der Waals surface area contributed by atoms with Crippen molar-refractivity contribution in [1.29, 1.82) is 0 Å². The molecule has 0 atom stereocenters. The fourth-order valence-electron chi connectivity index (χ4n) is 1.60. The van der Waals surface area contributed by atoms with Crippen LogP contribution in [0.1, 0.15) is 10.4 Å². The molecule has 4 nitrogen and oxygen atoms in total.